The Hall–Kier alpha value is -3.60. The van der Waals surface area contributed by atoms with E-state index in [0.29, 0.717) is 38.3 Å². The molecule has 0 bridgehead atoms. The molecule has 0 spiro atoms. The molecule has 5 heteroatoms. The maximum atomic E-state index is 14.1. The summed E-state index contributed by atoms with van der Waals surface area (Å²) in [4.78, 5) is 20.6. The Morgan fingerprint density at radius 3 is 2.34 bits per heavy atom. The summed E-state index contributed by atoms with van der Waals surface area (Å²) in [7, 11) is 0. The Balaban J connectivity index is 1.34. The number of hydrogen-bond acceptors (Lipinski definition) is 2. The highest BCUT2D eigenvalue weighted by Crippen LogP contribution is 2.34. The Labute approximate surface area is 187 Å². The van der Waals surface area contributed by atoms with Crippen LogP contribution in [0, 0.1) is 5.82 Å². The summed E-state index contributed by atoms with van der Waals surface area (Å²) < 4.78 is 14.1. The van der Waals surface area contributed by atoms with Crippen LogP contribution in [0.2, 0.25) is 0 Å². The van der Waals surface area contributed by atoms with Gasteiger partial charge in [0.25, 0.3) is 0 Å². The molecule has 1 amide bonds. The van der Waals surface area contributed by atoms with Gasteiger partial charge < -0.3 is 14.8 Å². The van der Waals surface area contributed by atoms with E-state index in [1.54, 1.807) is 12.1 Å². The minimum Gasteiger partial charge on any atom is -0.366 e. The standard InChI is InChI=1S/C27H26FN3O/c28-24-11-5-7-13-26(24)30-14-16-31(17-15-30)27(32)18-22(20-8-2-1-3-9-20)23-19-29-25-12-6-4-10-21(23)25/h1-13,19,22,29H,14-18H2. The molecule has 1 unspecified atom stereocenters. The molecule has 2 heterocycles. The number of aromatic amines is 1. The van der Waals surface area contributed by atoms with Crippen molar-refractivity contribution in [3.05, 3.63) is 102 Å². The Bertz CT molecular complexity index is 1210. The van der Waals surface area contributed by atoms with Gasteiger partial charge in [-0.1, -0.05) is 60.7 Å². The van der Waals surface area contributed by atoms with Gasteiger partial charge in [0.15, 0.2) is 0 Å². The minimum atomic E-state index is -0.212. The number of piperazine rings is 1. The van der Waals surface area contributed by atoms with Crippen molar-refractivity contribution in [2.24, 2.45) is 0 Å². The summed E-state index contributed by atoms with van der Waals surface area (Å²) in [5.41, 5.74) is 3.97. The molecule has 1 aliphatic heterocycles. The minimum absolute atomic E-state index is 0.0237. The van der Waals surface area contributed by atoms with E-state index >= 15 is 0 Å². The van der Waals surface area contributed by atoms with Crippen molar-refractivity contribution in [1.82, 2.24) is 9.88 Å². The number of nitrogens with one attached hydrogen (secondary N) is 1. The predicted octanol–water partition coefficient (Wildman–Crippen LogP) is 5.18. The number of fused-ring (bicyclic) bond motifs is 1. The number of benzene rings is 3. The zero-order valence-electron chi connectivity index (χ0n) is 17.9. The summed E-state index contributed by atoms with van der Waals surface area (Å²) in [6.07, 6.45) is 2.44. The van der Waals surface area contributed by atoms with Crippen LogP contribution >= 0.6 is 0 Å². The quantitative estimate of drug-likeness (QED) is 0.477. The summed E-state index contributed by atoms with van der Waals surface area (Å²) >= 11 is 0. The van der Waals surface area contributed by atoms with Crippen LogP contribution in [0.3, 0.4) is 0 Å². The van der Waals surface area contributed by atoms with Crippen LogP contribution < -0.4 is 4.90 Å². The molecule has 4 nitrogen and oxygen atoms in total. The third-order valence-electron chi connectivity index (χ3n) is 6.40. The topological polar surface area (TPSA) is 39.3 Å². The maximum Gasteiger partial charge on any atom is 0.223 e. The second-order valence-electron chi connectivity index (χ2n) is 8.28. The number of H-pyrrole nitrogens is 1. The lowest BCUT2D eigenvalue weighted by Gasteiger charge is -2.36. The molecule has 1 atom stereocenters. The predicted molar refractivity (Wildman–Crippen MR) is 126 cm³/mol. The highest BCUT2D eigenvalue weighted by Gasteiger charge is 2.27. The lowest BCUT2D eigenvalue weighted by molar-refractivity contribution is -0.131. The van der Waals surface area contributed by atoms with Gasteiger partial charge in [-0.25, -0.2) is 4.39 Å². The third kappa shape index (κ3) is 3.98. The molecule has 0 radical (unpaired) electrons. The van der Waals surface area contributed by atoms with E-state index in [1.165, 1.54) is 6.07 Å². The molecule has 1 N–H and O–H groups in total. The number of carbonyl (C=O) groups is 1. The van der Waals surface area contributed by atoms with Gasteiger partial charge in [0.2, 0.25) is 5.91 Å². The smallest absolute Gasteiger partial charge is 0.223 e. The van der Waals surface area contributed by atoms with Crippen molar-refractivity contribution >= 4 is 22.5 Å². The first kappa shape index (κ1) is 20.3. The largest absolute Gasteiger partial charge is 0.366 e. The van der Waals surface area contributed by atoms with E-state index in [1.807, 2.05) is 52.4 Å². The van der Waals surface area contributed by atoms with Crippen LogP contribution in [0.5, 0.6) is 0 Å². The number of amides is 1. The Morgan fingerprint density at radius 2 is 1.56 bits per heavy atom. The zero-order valence-corrected chi connectivity index (χ0v) is 17.9. The molecule has 1 saturated heterocycles. The fourth-order valence-corrected chi connectivity index (χ4v) is 4.68. The molecule has 1 aliphatic rings. The second kappa shape index (κ2) is 8.87. The normalized spacial score (nSPS) is 15.2. The first-order chi connectivity index (χ1) is 15.7. The van der Waals surface area contributed by atoms with Gasteiger partial charge in [-0.05, 0) is 29.3 Å². The third-order valence-corrected chi connectivity index (χ3v) is 6.40. The number of para-hydroxylation sites is 2. The number of anilines is 1. The molecular formula is C27H26FN3O. The van der Waals surface area contributed by atoms with E-state index in [9.17, 15) is 9.18 Å². The molecule has 162 valence electrons. The van der Waals surface area contributed by atoms with Gasteiger partial charge in [-0.15, -0.1) is 0 Å². The van der Waals surface area contributed by atoms with Crippen LogP contribution in [0.1, 0.15) is 23.5 Å². The molecule has 1 fully saturated rings. The van der Waals surface area contributed by atoms with Gasteiger partial charge >= 0.3 is 0 Å². The summed E-state index contributed by atoms with van der Waals surface area (Å²) in [5.74, 6) is -0.0995. The lowest BCUT2D eigenvalue weighted by atomic mass is 9.87. The van der Waals surface area contributed by atoms with Crippen LogP contribution in [-0.2, 0) is 4.79 Å². The molecule has 0 saturated carbocycles. The highest BCUT2D eigenvalue weighted by atomic mass is 19.1. The Kier molecular flexibility index (Phi) is 5.63. The average molecular weight is 428 g/mol. The van der Waals surface area contributed by atoms with Gasteiger partial charge in [-0.2, -0.15) is 0 Å². The van der Waals surface area contributed by atoms with Crippen molar-refractivity contribution in [3.8, 4) is 0 Å². The molecule has 4 aromatic rings. The maximum absolute atomic E-state index is 14.1. The number of nitrogens with zero attached hydrogens (tertiary/aromatic N) is 2. The SMILES string of the molecule is O=C(CC(c1ccccc1)c1c[nH]c2ccccc12)N1CCN(c2ccccc2F)CC1. The van der Waals surface area contributed by atoms with E-state index in [4.69, 9.17) is 0 Å². The number of hydrogen-bond donors (Lipinski definition) is 1. The molecule has 1 aromatic heterocycles. The first-order valence-electron chi connectivity index (χ1n) is 11.1. The van der Waals surface area contributed by atoms with Gasteiger partial charge in [-0.3, -0.25) is 4.79 Å². The van der Waals surface area contributed by atoms with Crippen molar-refractivity contribution in [2.45, 2.75) is 12.3 Å². The van der Waals surface area contributed by atoms with Gasteiger partial charge in [0, 0.05) is 55.6 Å². The molecule has 3 aromatic carbocycles. The lowest BCUT2D eigenvalue weighted by Crippen LogP contribution is -2.49. The van der Waals surface area contributed by atoms with Gasteiger partial charge in [0.1, 0.15) is 5.82 Å². The van der Waals surface area contributed by atoms with Crippen molar-refractivity contribution in [1.29, 1.82) is 0 Å². The first-order valence-corrected chi connectivity index (χ1v) is 11.1. The average Bonchev–Trinajstić information content (AvgIpc) is 3.27. The summed E-state index contributed by atoms with van der Waals surface area (Å²) in [6.45, 7) is 2.47. The van der Waals surface area contributed by atoms with E-state index in [2.05, 4.69) is 29.2 Å². The highest BCUT2D eigenvalue weighted by molar-refractivity contribution is 5.86. The number of rotatable bonds is 5. The molecule has 5 rings (SSSR count). The zero-order chi connectivity index (χ0) is 21.9. The van der Waals surface area contributed by atoms with E-state index < -0.39 is 0 Å². The van der Waals surface area contributed by atoms with Crippen molar-refractivity contribution < 1.29 is 9.18 Å². The fourth-order valence-electron chi connectivity index (χ4n) is 4.68. The summed E-state index contributed by atoms with van der Waals surface area (Å²) in [5, 5.41) is 1.15. The van der Waals surface area contributed by atoms with Gasteiger partial charge in [0.05, 0.1) is 5.69 Å². The number of aromatic nitrogens is 1. The van der Waals surface area contributed by atoms with Crippen LogP contribution in [0.4, 0.5) is 10.1 Å². The number of carbonyl (C=O) groups excluding carboxylic acids is 1. The Morgan fingerprint density at radius 1 is 0.875 bits per heavy atom. The van der Waals surface area contributed by atoms with E-state index in [0.717, 1.165) is 22.0 Å². The van der Waals surface area contributed by atoms with E-state index in [-0.39, 0.29) is 17.6 Å². The molecule has 32 heavy (non-hydrogen) atoms. The summed E-state index contributed by atoms with van der Waals surface area (Å²) in [6, 6.07) is 25.3. The van der Waals surface area contributed by atoms with Crippen LogP contribution in [0.25, 0.3) is 10.9 Å². The molecule has 0 aliphatic carbocycles. The second-order valence-corrected chi connectivity index (χ2v) is 8.28. The van der Waals surface area contributed by atoms with Crippen molar-refractivity contribution in [3.63, 3.8) is 0 Å². The molecular weight excluding hydrogens is 401 g/mol. The number of halogens is 1. The van der Waals surface area contributed by atoms with Crippen molar-refractivity contribution in [2.75, 3.05) is 31.1 Å². The van der Waals surface area contributed by atoms with Crippen LogP contribution in [0.15, 0.2) is 85.1 Å². The monoisotopic (exact) mass is 427 g/mol. The fraction of sp³-hybridized carbons (Fsp3) is 0.222. The van der Waals surface area contributed by atoms with Crippen LogP contribution in [-0.4, -0.2) is 42.0 Å².